The number of nitrogens with one attached hydrogen (secondary N) is 1. The van der Waals surface area contributed by atoms with E-state index in [0.29, 0.717) is 11.4 Å². The Morgan fingerprint density at radius 2 is 2.08 bits per heavy atom. The van der Waals surface area contributed by atoms with Crippen molar-refractivity contribution in [2.75, 3.05) is 0 Å². The van der Waals surface area contributed by atoms with Crippen LogP contribution in [-0.2, 0) is 6.54 Å². The molecule has 1 N–H and O–H groups in total. The Morgan fingerprint density at radius 1 is 1.31 bits per heavy atom. The van der Waals surface area contributed by atoms with Crippen LogP contribution in [0.4, 0.5) is 5.69 Å². The van der Waals surface area contributed by atoms with E-state index in [0.717, 1.165) is 10.0 Å². The molecule has 0 bridgehead atoms. The van der Waals surface area contributed by atoms with Crippen molar-refractivity contribution in [2.45, 2.75) is 13.5 Å². The number of nitro benzene ring substituents is 1. The summed E-state index contributed by atoms with van der Waals surface area (Å²) in [4.78, 5) is 27.0. The minimum absolute atomic E-state index is 0.0158. The van der Waals surface area contributed by atoms with E-state index in [1.54, 1.807) is 0 Å². The van der Waals surface area contributed by atoms with Crippen molar-refractivity contribution in [3.8, 4) is 11.4 Å². The number of carbonyl (C=O) groups excluding carboxylic acids is 1. The van der Waals surface area contributed by atoms with E-state index in [9.17, 15) is 14.9 Å². The lowest BCUT2D eigenvalue weighted by molar-refractivity contribution is -0.385. The first-order valence-corrected chi connectivity index (χ1v) is 8.35. The third-order valence-electron chi connectivity index (χ3n) is 3.70. The average molecular weight is 417 g/mol. The van der Waals surface area contributed by atoms with Gasteiger partial charge in [0, 0.05) is 27.2 Å². The van der Waals surface area contributed by atoms with Crippen LogP contribution in [0.1, 0.15) is 21.8 Å². The normalized spacial score (nSPS) is 10.5. The molecule has 1 heterocycles. The first-order chi connectivity index (χ1) is 12.5. The molecule has 0 saturated heterocycles. The van der Waals surface area contributed by atoms with Crippen molar-refractivity contribution in [1.82, 2.24) is 15.5 Å². The number of nitro groups is 1. The fourth-order valence-electron chi connectivity index (χ4n) is 2.39. The summed E-state index contributed by atoms with van der Waals surface area (Å²) in [6.07, 6.45) is 0. The van der Waals surface area contributed by atoms with Gasteiger partial charge in [-0.1, -0.05) is 39.3 Å². The average Bonchev–Trinajstić information content (AvgIpc) is 3.08. The summed E-state index contributed by atoms with van der Waals surface area (Å²) < 4.78 is 6.02. The fourth-order valence-corrected chi connectivity index (χ4v) is 2.79. The topological polar surface area (TPSA) is 111 Å². The van der Waals surface area contributed by atoms with Crippen LogP contribution in [0.25, 0.3) is 11.4 Å². The predicted molar refractivity (Wildman–Crippen MR) is 96.4 cm³/mol. The van der Waals surface area contributed by atoms with Crippen LogP contribution < -0.4 is 5.32 Å². The van der Waals surface area contributed by atoms with Gasteiger partial charge in [-0.15, -0.1) is 0 Å². The second kappa shape index (κ2) is 7.44. The Morgan fingerprint density at radius 3 is 2.81 bits per heavy atom. The summed E-state index contributed by atoms with van der Waals surface area (Å²) in [6, 6.07) is 11.8. The zero-order valence-corrected chi connectivity index (χ0v) is 15.2. The van der Waals surface area contributed by atoms with Gasteiger partial charge < -0.3 is 9.84 Å². The number of rotatable bonds is 5. The molecular weight excluding hydrogens is 404 g/mol. The molecule has 1 amide bonds. The summed E-state index contributed by atoms with van der Waals surface area (Å²) in [5, 5.41) is 17.5. The lowest BCUT2D eigenvalue weighted by Gasteiger charge is -2.06. The second-order valence-corrected chi connectivity index (χ2v) is 6.33. The van der Waals surface area contributed by atoms with E-state index in [1.165, 1.54) is 25.1 Å². The van der Waals surface area contributed by atoms with Crippen molar-refractivity contribution >= 4 is 27.5 Å². The smallest absolute Gasteiger partial charge is 0.273 e. The van der Waals surface area contributed by atoms with Gasteiger partial charge in [-0.05, 0) is 25.1 Å². The van der Waals surface area contributed by atoms with Crippen molar-refractivity contribution in [2.24, 2.45) is 0 Å². The number of carbonyl (C=O) groups is 1. The quantitative estimate of drug-likeness (QED) is 0.501. The summed E-state index contributed by atoms with van der Waals surface area (Å²) >= 11 is 3.37. The Balaban J connectivity index is 1.71. The molecule has 8 nitrogen and oxygen atoms in total. The maximum Gasteiger partial charge on any atom is 0.273 e. The van der Waals surface area contributed by atoms with Crippen LogP contribution in [0.5, 0.6) is 0 Å². The van der Waals surface area contributed by atoms with Crippen LogP contribution >= 0.6 is 15.9 Å². The molecule has 2 aromatic carbocycles. The molecule has 0 aliphatic rings. The molecule has 9 heteroatoms. The minimum atomic E-state index is -0.519. The molecule has 132 valence electrons. The van der Waals surface area contributed by atoms with Gasteiger partial charge in [0.1, 0.15) is 0 Å². The van der Waals surface area contributed by atoms with E-state index in [-0.39, 0.29) is 23.7 Å². The first kappa shape index (κ1) is 17.7. The minimum Gasteiger partial charge on any atom is -0.343 e. The Kier molecular flexibility index (Phi) is 5.08. The van der Waals surface area contributed by atoms with E-state index >= 15 is 0 Å². The number of hydrogen-bond donors (Lipinski definition) is 1. The summed E-state index contributed by atoms with van der Waals surface area (Å²) in [5.74, 6) is 0.187. The molecule has 3 rings (SSSR count). The van der Waals surface area contributed by atoms with Gasteiger partial charge in [-0.25, -0.2) is 0 Å². The van der Waals surface area contributed by atoms with E-state index in [2.05, 4.69) is 31.4 Å². The number of halogens is 1. The van der Waals surface area contributed by atoms with Crippen molar-refractivity contribution in [3.05, 3.63) is 74.1 Å². The monoisotopic (exact) mass is 416 g/mol. The maximum atomic E-state index is 12.3. The fraction of sp³-hybridized carbons (Fsp3) is 0.118. The third-order valence-corrected chi connectivity index (χ3v) is 4.19. The molecule has 0 aliphatic heterocycles. The van der Waals surface area contributed by atoms with Crippen LogP contribution in [0, 0.1) is 17.0 Å². The molecule has 0 atom stereocenters. The molecule has 0 spiro atoms. The molecule has 26 heavy (non-hydrogen) atoms. The Labute approximate surface area is 156 Å². The highest BCUT2D eigenvalue weighted by Gasteiger charge is 2.18. The van der Waals surface area contributed by atoms with Gasteiger partial charge in [0.05, 0.1) is 11.5 Å². The highest BCUT2D eigenvalue weighted by Crippen LogP contribution is 2.22. The van der Waals surface area contributed by atoms with Crippen molar-refractivity contribution in [1.29, 1.82) is 0 Å². The molecule has 0 saturated carbocycles. The number of amides is 1. The maximum absolute atomic E-state index is 12.3. The second-order valence-electron chi connectivity index (χ2n) is 5.41. The Bertz CT molecular complexity index is 986. The van der Waals surface area contributed by atoms with Crippen LogP contribution in [0.2, 0.25) is 0 Å². The SMILES string of the molecule is Cc1c(C(=O)NCc2nc(-c3cccc(Br)c3)no2)cccc1[N+](=O)[O-]. The van der Waals surface area contributed by atoms with E-state index in [4.69, 9.17) is 4.52 Å². The van der Waals surface area contributed by atoms with Gasteiger partial charge in [-0.3, -0.25) is 14.9 Å². The molecule has 1 aromatic heterocycles. The molecule has 0 aliphatic carbocycles. The van der Waals surface area contributed by atoms with Crippen LogP contribution in [0.3, 0.4) is 0 Å². The Hall–Kier alpha value is -3.07. The van der Waals surface area contributed by atoms with Crippen molar-refractivity contribution < 1.29 is 14.2 Å². The zero-order valence-electron chi connectivity index (χ0n) is 13.6. The summed E-state index contributed by atoms with van der Waals surface area (Å²) in [6.45, 7) is 1.55. The molecule has 3 aromatic rings. The predicted octanol–water partition coefficient (Wildman–Crippen LogP) is 3.65. The number of nitrogens with zero attached hydrogens (tertiary/aromatic N) is 3. The standard InChI is InChI=1S/C17H13BrN4O4/c1-10-13(6-3-7-14(10)22(24)25)17(23)19-9-15-20-16(21-26-15)11-4-2-5-12(18)8-11/h2-8H,9H2,1H3,(H,19,23). The molecule has 0 unspecified atom stereocenters. The highest BCUT2D eigenvalue weighted by molar-refractivity contribution is 9.10. The van der Waals surface area contributed by atoms with Gasteiger partial charge >= 0.3 is 0 Å². The molecular formula is C17H13BrN4O4. The number of benzene rings is 2. The number of hydrogen-bond acceptors (Lipinski definition) is 6. The lowest BCUT2D eigenvalue weighted by atomic mass is 10.1. The van der Waals surface area contributed by atoms with Crippen LogP contribution in [-0.4, -0.2) is 21.0 Å². The largest absolute Gasteiger partial charge is 0.343 e. The third kappa shape index (κ3) is 3.77. The van der Waals surface area contributed by atoms with E-state index < -0.39 is 10.8 Å². The van der Waals surface area contributed by atoms with E-state index in [1.807, 2.05) is 24.3 Å². The van der Waals surface area contributed by atoms with Crippen LogP contribution in [0.15, 0.2) is 51.5 Å². The first-order valence-electron chi connectivity index (χ1n) is 7.56. The molecule has 0 fully saturated rings. The number of aromatic nitrogens is 2. The van der Waals surface area contributed by atoms with Gasteiger partial charge in [0.2, 0.25) is 11.7 Å². The summed E-state index contributed by atoms with van der Waals surface area (Å²) in [5.41, 5.74) is 1.20. The van der Waals surface area contributed by atoms with Crippen molar-refractivity contribution in [3.63, 3.8) is 0 Å². The van der Waals surface area contributed by atoms with Gasteiger partial charge in [0.25, 0.3) is 11.6 Å². The zero-order chi connectivity index (χ0) is 18.7. The van der Waals surface area contributed by atoms with Gasteiger partial charge in [0.15, 0.2) is 0 Å². The summed E-state index contributed by atoms with van der Waals surface area (Å²) in [7, 11) is 0. The lowest BCUT2D eigenvalue weighted by Crippen LogP contribution is -2.24. The van der Waals surface area contributed by atoms with Gasteiger partial charge in [-0.2, -0.15) is 4.98 Å². The molecule has 0 radical (unpaired) electrons. The highest BCUT2D eigenvalue weighted by atomic mass is 79.9.